The maximum absolute atomic E-state index is 9.03. The van der Waals surface area contributed by atoms with E-state index >= 15 is 0 Å². The molecule has 0 amide bonds. The van der Waals surface area contributed by atoms with E-state index in [1.165, 1.54) is 0 Å². The molecule has 2 unspecified atom stereocenters. The summed E-state index contributed by atoms with van der Waals surface area (Å²) in [6.45, 7) is 4.69. The zero-order chi connectivity index (χ0) is 9.03. The normalized spacial score (nSPS) is 36.6. The Morgan fingerprint density at radius 3 is 2.92 bits per heavy atom. The maximum atomic E-state index is 9.03. The van der Waals surface area contributed by atoms with Gasteiger partial charge < -0.3 is 4.74 Å². The minimum atomic E-state index is -0.258. The summed E-state index contributed by atoms with van der Waals surface area (Å²) in [7, 11) is 0. The average molecular weight is 165 g/mol. The van der Waals surface area contributed by atoms with Gasteiger partial charge >= 0.3 is 0 Å². The lowest BCUT2D eigenvalue weighted by atomic mass is 9.79. The van der Waals surface area contributed by atoms with Crippen LogP contribution in [0, 0.1) is 16.7 Å². The molecule has 1 fully saturated rings. The van der Waals surface area contributed by atoms with Gasteiger partial charge in [-0.25, -0.2) is 0 Å². The fourth-order valence-corrected chi connectivity index (χ4v) is 1.73. The molecule has 0 aromatic rings. The molecule has 2 nitrogen and oxygen atoms in total. The van der Waals surface area contributed by atoms with Crippen LogP contribution in [-0.4, -0.2) is 12.7 Å². The van der Waals surface area contributed by atoms with Crippen LogP contribution in [0.4, 0.5) is 0 Å². The third-order valence-electron chi connectivity index (χ3n) is 2.31. The van der Waals surface area contributed by atoms with Crippen molar-refractivity contribution in [1.82, 2.24) is 0 Å². The van der Waals surface area contributed by atoms with Crippen molar-refractivity contribution in [3.63, 3.8) is 0 Å². The van der Waals surface area contributed by atoms with Crippen molar-refractivity contribution in [2.24, 2.45) is 5.41 Å². The quantitative estimate of drug-likeness (QED) is 0.558. The Morgan fingerprint density at radius 1 is 1.67 bits per heavy atom. The lowest BCUT2D eigenvalue weighted by Crippen LogP contribution is -2.31. The van der Waals surface area contributed by atoms with Gasteiger partial charge in [0.05, 0.1) is 17.6 Å². The monoisotopic (exact) mass is 165 g/mol. The van der Waals surface area contributed by atoms with Gasteiger partial charge in [0.2, 0.25) is 0 Å². The van der Waals surface area contributed by atoms with Crippen LogP contribution in [0.1, 0.15) is 26.7 Å². The molecule has 0 saturated carbocycles. The van der Waals surface area contributed by atoms with Gasteiger partial charge in [-0.2, -0.15) is 5.26 Å². The highest BCUT2D eigenvalue weighted by Gasteiger charge is 2.32. The topological polar surface area (TPSA) is 33.0 Å². The van der Waals surface area contributed by atoms with Gasteiger partial charge in [-0.05, 0) is 26.7 Å². The Bertz CT molecular complexity index is 216. The van der Waals surface area contributed by atoms with Crippen LogP contribution >= 0.6 is 0 Å². The predicted octanol–water partition coefficient (Wildman–Crippen LogP) is 2.27. The van der Waals surface area contributed by atoms with Gasteiger partial charge in [0.1, 0.15) is 0 Å². The molecule has 1 heterocycles. The van der Waals surface area contributed by atoms with E-state index in [9.17, 15) is 0 Å². The summed E-state index contributed by atoms with van der Waals surface area (Å²) in [5.41, 5.74) is -0.258. The maximum Gasteiger partial charge on any atom is 0.0799 e. The van der Waals surface area contributed by atoms with Crippen LogP contribution in [0.2, 0.25) is 0 Å². The third kappa shape index (κ3) is 1.86. The number of nitriles is 1. The van der Waals surface area contributed by atoms with E-state index in [1.54, 1.807) is 0 Å². The molecule has 66 valence electrons. The molecule has 0 aromatic carbocycles. The highest BCUT2D eigenvalue weighted by Crippen LogP contribution is 2.34. The van der Waals surface area contributed by atoms with E-state index in [0.29, 0.717) is 6.61 Å². The molecule has 0 bridgehead atoms. The van der Waals surface area contributed by atoms with Crippen LogP contribution < -0.4 is 0 Å². The summed E-state index contributed by atoms with van der Waals surface area (Å²) in [5.74, 6) is 0. The van der Waals surface area contributed by atoms with Crippen LogP contribution in [0.25, 0.3) is 0 Å². The second-order valence-electron chi connectivity index (χ2n) is 3.40. The molecule has 0 spiro atoms. The standard InChI is InChI=1S/C10H15NO/c1-3-4-10(8-11)5-6-12-9(2)7-10/h3-4,9H,5-7H2,1-2H3/b4-3+. The van der Waals surface area contributed by atoms with Gasteiger partial charge in [-0.1, -0.05) is 12.2 Å². The van der Waals surface area contributed by atoms with E-state index in [-0.39, 0.29) is 11.5 Å². The summed E-state index contributed by atoms with van der Waals surface area (Å²) in [5, 5.41) is 9.03. The zero-order valence-electron chi connectivity index (χ0n) is 7.71. The van der Waals surface area contributed by atoms with Crippen LogP contribution in [-0.2, 0) is 4.74 Å². The van der Waals surface area contributed by atoms with Crippen molar-refractivity contribution in [3.05, 3.63) is 12.2 Å². The number of hydrogen-bond acceptors (Lipinski definition) is 2. The molecule has 2 atom stereocenters. The van der Waals surface area contributed by atoms with E-state index in [1.807, 2.05) is 26.0 Å². The molecule has 2 heteroatoms. The lowest BCUT2D eigenvalue weighted by molar-refractivity contribution is -0.00470. The molecular weight excluding hydrogens is 150 g/mol. The molecule has 0 radical (unpaired) electrons. The Kier molecular flexibility index (Phi) is 2.88. The summed E-state index contributed by atoms with van der Waals surface area (Å²) < 4.78 is 5.40. The van der Waals surface area contributed by atoms with Crippen LogP contribution in [0.3, 0.4) is 0 Å². The second kappa shape index (κ2) is 3.73. The van der Waals surface area contributed by atoms with Crippen molar-refractivity contribution in [2.75, 3.05) is 6.61 Å². The number of nitrogens with zero attached hydrogens (tertiary/aromatic N) is 1. The molecule has 1 saturated heterocycles. The minimum Gasteiger partial charge on any atom is -0.378 e. The van der Waals surface area contributed by atoms with Gasteiger partial charge in [0, 0.05) is 6.61 Å². The smallest absolute Gasteiger partial charge is 0.0799 e. The minimum absolute atomic E-state index is 0.217. The van der Waals surface area contributed by atoms with E-state index in [4.69, 9.17) is 10.00 Å². The van der Waals surface area contributed by atoms with Crippen LogP contribution in [0.15, 0.2) is 12.2 Å². The molecule has 1 rings (SSSR count). The van der Waals surface area contributed by atoms with Crippen molar-refractivity contribution < 1.29 is 4.74 Å². The first-order chi connectivity index (χ1) is 5.72. The third-order valence-corrected chi connectivity index (χ3v) is 2.31. The Labute approximate surface area is 73.8 Å². The summed E-state index contributed by atoms with van der Waals surface area (Å²) in [6.07, 6.45) is 5.84. The highest BCUT2D eigenvalue weighted by molar-refractivity contribution is 5.13. The van der Waals surface area contributed by atoms with Crippen molar-refractivity contribution in [3.8, 4) is 6.07 Å². The predicted molar refractivity (Wildman–Crippen MR) is 47.5 cm³/mol. The first-order valence-electron chi connectivity index (χ1n) is 4.39. The van der Waals surface area contributed by atoms with E-state index in [0.717, 1.165) is 12.8 Å². The lowest BCUT2D eigenvalue weighted by Gasteiger charge is -2.31. The van der Waals surface area contributed by atoms with Crippen LogP contribution in [0.5, 0.6) is 0 Å². The fourth-order valence-electron chi connectivity index (χ4n) is 1.73. The Balaban J connectivity index is 2.73. The van der Waals surface area contributed by atoms with Gasteiger partial charge in [-0.3, -0.25) is 0 Å². The first kappa shape index (κ1) is 9.28. The molecule has 0 N–H and O–H groups in total. The van der Waals surface area contributed by atoms with E-state index < -0.39 is 0 Å². The van der Waals surface area contributed by atoms with Gasteiger partial charge in [-0.15, -0.1) is 0 Å². The van der Waals surface area contributed by atoms with Gasteiger partial charge in [0.25, 0.3) is 0 Å². The molecule has 0 aromatic heterocycles. The summed E-state index contributed by atoms with van der Waals surface area (Å²) in [6, 6.07) is 2.38. The number of allylic oxidation sites excluding steroid dienone is 2. The van der Waals surface area contributed by atoms with Crippen molar-refractivity contribution >= 4 is 0 Å². The van der Waals surface area contributed by atoms with Crippen molar-refractivity contribution in [1.29, 1.82) is 5.26 Å². The first-order valence-corrected chi connectivity index (χ1v) is 4.39. The Hall–Kier alpha value is -0.810. The highest BCUT2D eigenvalue weighted by atomic mass is 16.5. The van der Waals surface area contributed by atoms with Crippen molar-refractivity contribution in [2.45, 2.75) is 32.8 Å². The molecule has 0 aliphatic carbocycles. The number of hydrogen-bond donors (Lipinski definition) is 0. The largest absolute Gasteiger partial charge is 0.378 e. The van der Waals surface area contributed by atoms with Gasteiger partial charge in [0.15, 0.2) is 0 Å². The average Bonchev–Trinajstić information content (AvgIpc) is 2.05. The Morgan fingerprint density at radius 2 is 2.42 bits per heavy atom. The summed E-state index contributed by atoms with van der Waals surface area (Å²) >= 11 is 0. The van der Waals surface area contributed by atoms with E-state index in [2.05, 4.69) is 6.07 Å². The number of ether oxygens (including phenoxy) is 1. The number of rotatable bonds is 1. The second-order valence-corrected chi connectivity index (χ2v) is 3.40. The zero-order valence-corrected chi connectivity index (χ0v) is 7.71. The molecule has 1 aliphatic rings. The SMILES string of the molecule is C/C=C/C1(C#N)CCOC(C)C1. The summed E-state index contributed by atoms with van der Waals surface area (Å²) in [4.78, 5) is 0. The molecule has 12 heavy (non-hydrogen) atoms. The molecule has 1 aliphatic heterocycles. The fraction of sp³-hybridized carbons (Fsp3) is 0.700. The molecular formula is C10H15NO.